The molecule has 0 spiro atoms. The van der Waals surface area contributed by atoms with E-state index in [0.717, 1.165) is 25.7 Å². The van der Waals surface area contributed by atoms with Gasteiger partial charge in [0.05, 0.1) is 71.9 Å². The maximum Gasteiger partial charge on any atom is 0.412 e. The van der Waals surface area contributed by atoms with Crippen molar-refractivity contribution in [2.75, 3.05) is 64.0 Å². The van der Waals surface area contributed by atoms with E-state index in [4.69, 9.17) is 18.9 Å². The highest BCUT2D eigenvalue weighted by Gasteiger charge is 2.44. The lowest BCUT2D eigenvalue weighted by Gasteiger charge is -2.41. The molecule has 0 aromatic heterocycles. The number of nitrogens with one attached hydrogen (secondary N) is 4. The smallest absolute Gasteiger partial charge is 0.412 e. The number of allylic oxidation sites excluding steroid dienone is 1. The maximum absolute atomic E-state index is 14.9. The minimum absolute atomic E-state index is 0.0531. The fourth-order valence-electron chi connectivity index (χ4n) is 11.4. The average Bonchev–Trinajstić information content (AvgIpc) is 3.44. The SMILES string of the molecule is CC[C@H](C)[C@@H]([C@@H](CC(=O)N1CCCC1[C@H](OC)[C@@H](C)C(=O)N[C@H](C)[C@@H](O)c1ccccc1)OC)N(C)C(=O)[C@@H](CC(=O)[C@H](C(C)C)N(C)C(=O)OCc1ccc(NC(=O)OC2/C=C/CCCCC2)c(NC(=O)CCNC(=O)CSC)c1)C(C)C. The average molecular weight is 1190 g/mol. The zero-order valence-electron chi connectivity index (χ0n) is 52.0. The first-order chi connectivity index (χ1) is 40.0. The number of anilines is 2. The Hall–Kier alpha value is -6.03. The molecule has 468 valence electrons. The molecular formula is C63H97N7O13S. The van der Waals surface area contributed by atoms with E-state index in [1.54, 1.807) is 67.3 Å². The Kier molecular flexibility index (Phi) is 29.7. The lowest BCUT2D eigenvalue weighted by Crippen LogP contribution is -2.55. The molecule has 7 amide bonds. The Morgan fingerprint density at radius 3 is 2.17 bits per heavy atom. The Labute approximate surface area is 503 Å². The second-order valence-electron chi connectivity index (χ2n) is 23.2. The minimum atomic E-state index is -0.981. The molecule has 20 nitrogen and oxygen atoms in total. The van der Waals surface area contributed by atoms with Crippen molar-refractivity contribution >= 4 is 70.6 Å². The van der Waals surface area contributed by atoms with E-state index < -0.39 is 78.5 Å². The molecule has 21 heteroatoms. The number of likely N-dealkylation sites (N-methyl/N-ethyl adjacent to an activating group) is 2. The highest BCUT2D eigenvalue weighted by Crippen LogP contribution is 2.32. The van der Waals surface area contributed by atoms with Gasteiger partial charge in [-0.15, -0.1) is 0 Å². The van der Waals surface area contributed by atoms with E-state index in [1.165, 1.54) is 37.9 Å². The monoisotopic (exact) mass is 1190 g/mol. The maximum atomic E-state index is 14.9. The van der Waals surface area contributed by atoms with Crippen LogP contribution < -0.4 is 21.3 Å². The van der Waals surface area contributed by atoms with E-state index in [1.807, 2.05) is 71.9 Å². The topological polar surface area (TPSA) is 252 Å². The second kappa shape index (κ2) is 35.4. The van der Waals surface area contributed by atoms with E-state index in [-0.39, 0.29) is 96.7 Å². The number of benzene rings is 2. The number of Topliss-reactive ketones (excluding diaryl/α,β-unsaturated/α-hetero) is 1. The van der Waals surface area contributed by atoms with Crippen LogP contribution in [0.1, 0.15) is 143 Å². The zero-order chi connectivity index (χ0) is 62.2. The molecule has 4 rings (SSSR count). The third-order valence-electron chi connectivity index (χ3n) is 16.3. The predicted octanol–water partition coefficient (Wildman–Crippen LogP) is 8.91. The number of methoxy groups -OCH3 is 2. The van der Waals surface area contributed by atoms with Crippen molar-refractivity contribution in [3.63, 3.8) is 0 Å². The van der Waals surface area contributed by atoms with Gasteiger partial charge in [-0.25, -0.2) is 9.59 Å². The van der Waals surface area contributed by atoms with Crippen LogP contribution in [0.4, 0.5) is 21.0 Å². The van der Waals surface area contributed by atoms with Gasteiger partial charge in [-0.1, -0.05) is 104 Å². The molecule has 0 bridgehead atoms. The molecule has 1 aliphatic carbocycles. The van der Waals surface area contributed by atoms with Crippen LogP contribution in [0.5, 0.6) is 0 Å². The van der Waals surface area contributed by atoms with Gasteiger partial charge >= 0.3 is 12.2 Å². The molecule has 5 N–H and O–H groups in total. The predicted molar refractivity (Wildman–Crippen MR) is 327 cm³/mol. The number of carbonyl (C=O) groups excluding carboxylic acids is 8. The number of rotatable bonds is 31. The number of ether oxygens (including phenoxy) is 4. The van der Waals surface area contributed by atoms with Crippen LogP contribution in [0.3, 0.4) is 0 Å². The number of thioether (sulfide) groups is 1. The zero-order valence-corrected chi connectivity index (χ0v) is 52.8. The van der Waals surface area contributed by atoms with Crippen molar-refractivity contribution in [3.05, 3.63) is 71.8 Å². The third-order valence-corrected chi connectivity index (χ3v) is 16.9. The van der Waals surface area contributed by atoms with Crippen molar-refractivity contribution in [1.82, 2.24) is 25.3 Å². The number of hydrogen-bond donors (Lipinski definition) is 5. The minimum Gasteiger partial charge on any atom is -0.445 e. The fraction of sp³-hybridized carbons (Fsp3) is 0.651. The molecule has 0 radical (unpaired) electrons. The van der Waals surface area contributed by atoms with E-state index in [9.17, 15) is 43.5 Å². The summed E-state index contributed by atoms with van der Waals surface area (Å²) in [5, 5.41) is 22.1. The Morgan fingerprint density at radius 2 is 1.52 bits per heavy atom. The van der Waals surface area contributed by atoms with Crippen molar-refractivity contribution in [2.24, 2.45) is 29.6 Å². The lowest BCUT2D eigenvalue weighted by atomic mass is 9.83. The molecule has 2 aliphatic rings. The summed E-state index contributed by atoms with van der Waals surface area (Å²) in [6.07, 6.45) is 7.71. The van der Waals surface area contributed by atoms with Gasteiger partial charge in [0.2, 0.25) is 29.5 Å². The largest absolute Gasteiger partial charge is 0.445 e. The van der Waals surface area contributed by atoms with Crippen LogP contribution in [0.15, 0.2) is 60.7 Å². The quantitative estimate of drug-likeness (QED) is 0.0442. The number of likely N-dealkylation sites (tertiary alicyclic amines) is 1. The molecule has 1 heterocycles. The van der Waals surface area contributed by atoms with Crippen molar-refractivity contribution < 1.29 is 62.4 Å². The Balaban J connectivity index is 1.46. The summed E-state index contributed by atoms with van der Waals surface area (Å²) < 4.78 is 23.6. The number of hydrogen-bond acceptors (Lipinski definition) is 14. The highest BCUT2D eigenvalue weighted by atomic mass is 32.2. The molecule has 0 saturated carbocycles. The van der Waals surface area contributed by atoms with Crippen LogP contribution in [-0.4, -0.2) is 163 Å². The van der Waals surface area contributed by atoms with Crippen LogP contribution >= 0.6 is 11.8 Å². The number of amides is 7. The van der Waals surface area contributed by atoms with Gasteiger partial charge in [0, 0.05) is 60.2 Å². The first-order valence-electron chi connectivity index (χ1n) is 29.9. The van der Waals surface area contributed by atoms with E-state index >= 15 is 0 Å². The number of aliphatic hydroxyl groups is 1. The summed E-state index contributed by atoms with van der Waals surface area (Å²) in [5.74, 6) is -3.86. The summed E-state index contributed by atoms with van der Waals surface area (Å²) in [6, 6.07) is 11.3. The molecular weight excluding hydrogens is 1090 g/mol. The normalized spacial score (nSPS) is 18.9. The molecule has 2 aromatic carbocycles. The summed E-state index contributed by atoms with van der Waals surface area (Å²) in [6.45, 7) is 15.1. The van der Waals surface area contributed by atoms with Gasteiger partial charge in [0.15, 0.2) is 5.78 Å². The second-order valence-corrected chi connectivity index (χ2v) is 24.1. The van der Waals surface area contributed by atoms with Gasteiger partial charge in [-0.3, -0.25) is 34.1 Å². The molecule has 2 aromatic rings. The first-order valence-corrected chi connectivity index (χ1v) is 31.3. The molecule has 1 saturated heterocycles. The number of aliphatic hydroxyl groups excluding tert-OH is 1. The van der Waals surface area contributed by atoms with E-state index in [2.05, 4.69) is 21.3 Å². The third kappa shape index (κ3) is 20.9. The number of nitrogens with zero attached hydrogens (tertiary/aromatic N) is 3. The molecule has 1 aliphatic heterocycles. The first kappa shape index (κ1) is 70.5. The summed E-state index contributed by atoms with van der Waals surface area (Å²) in [7, 11) is 6.21. The van der Waals surface area contributed by atoms with Crippen LogP contribution in [0.2, 0.25) is 0 Å². The van der Waals surface area contributed by atoms with Gasteiger partial charge in [0.1, 0.15) is 12.7 Å². The molecule has 1 fully saturated rings. The van der Waals surface area contributed by atoms with E-state index in [0.29, 0.717) is 43.4 Å². The summed E-state index contributed by atoms with van der Waals surface area (Å²) >= 11 is 1.36. The van der Waals surface area contributed by atoms with Gasteiger partial charge in [-0.2, -0.15) is 11.8 Å². The fourth-order valence-corrected chi connectivity index (χ4v) is 11.8. The number of carbonyl (C=O) groups is 8. The van der Waals surface area contributed by atoms with Gasteiger partial charge in [-0.05, 0) is 98.8 Å². The van der Waals surface area contributed by atoms with Crippen LogP contribution in [0, 0.1) is 29.6 Å². The molecule has 11 atom stereocenters. The van der Waals surface area contributed by atoms with Crippen molar-refractivity contribution in [1.29, 1.82) is 0 Å². The number of ketones is 1. The van der Waals surface area contributed by atoms with Gasteiger partial charge < -0.3 is 54.7 Å². The Morgan fingerprint density at radius 1 is 0.810 bits per heavy atom. The molecule has 84 heavy (non-hydrogen) atoms. The molecule has 2 unspecified atom stereocenters. The highest BCUT2D eigenvalue weighted by molar-refractivity contribution is 7.99. The van der Waals surface area contributed by atoms with Gasteiger partial charge in [0.25, 0.3) is 0 Å². The van der Waals surface area contributed by atoms with Crippen molar-refractivity contribution in [3.8, 4) is 0 Å². The van der Waals surface area contributed by atoms with Crippen LogP contribution in [0.25, 0.3) is 0 Å². The van der Waals surface area contributed by atoms with Crippen LogP contribution in [-0.2, 0) is 54.3 Å². The summed E-state index contributed by atoms with van der Waals surface area (Å²) in [4.78, 5) is 115. The lowest BCUT2D eigenvalue weighted by molar-refractivity contribution is -0.149. The summed E-state index contributed by atoms with van der Waals surface area (Å²) in [5.41, 5.74) is 1.58. The van der Waals surface area contributed by atoms with Crippen molar-refractivity contribution in [2.45, 2.75) is 181 Å². The standard InChI is InChI=1S/C63H97N7O13S/c1-14-41(6)57(52(80-11)36-55(74)70-33-23-28-50(70)59(81-12)42(7)60(76)65-43(8)58(75)45-24-19-18-20-25-45)68(9)61(77)47(39(2)3)35-51(71)56(40(4)5)69(10)63(79)82-37-44-29-30-48(67-62(78)83-46-26-21-16-15-17-22-27-46)49(34-44)66-53(72)31-32-64-54(73)38-84-13/h18-21,24-26,29-30,34,39-43,46-47,50,52,56-59,75H,14-17,22-23,27-28,31-33,35-38H2,1-13H3,(H,64,73)(H,65,76)(H,66,72)(H,67,78)/b26-21+/t41-,42+,43+,46?,47-,50?,52+,56-,57-,58+,59+/m0/s1. The Bertz CT molecular complexity index is 2500.